The first-order valence-corrected chi connectivity index (χ1v) is 6.52. The summed E-state index contributed by atoms with van der Waals surface area (Å²) in [6.07, 6.45) is 1.03. The number of nitrogens with one attached hydrogen (secondary N) is 1. The van der Waals surface area contributed by atoms with Gasteiger partial charge in [-0.2, -0.15) is 5.06 Å². The summed E-state index contributed by atoms with van der Waals surface area (Å²) in [5.41, 5.74) is 0.549. The quantitative estimate of drug-likeness (QED) is 0.575. The van der Waals surface area contributed by atoms with Gasteiger partial charge in [0.2, 0.25) is 11.0 Å². The number of aliphatic imine (C=N–C) groups is 1. The van der Waals surface area contributed by atoms with Crippen molar-refractivity contribution in [3.8, 4) is 0 Å². The van der Waals surface area contributed by atoms with Crippen LogP contribution in [0.2, 0.25) is 0 Å². The van der Waals surface area contributed by atoms with E-state index >= 15 is 0 Å². The molecule has 1 aliphatic rings. The van der Waals surface area contributed by atoms with Gasteiger partial charge in [0.15, 0.2) is 0 Å². The second-order valence-corrected chi connectivity index (χ2v) is 4.80. The molecule has 0 aromatic heterocycles. The highest BCUT2D eigenvalue weighted by atomic mass is 79.9. The van der Waals surface area contributed by atoms with Crippen LogP contribution in [0.5, 0.6) is 0 Å². The minimum absolute atomic E-state index is 0.0499. The van der Waals surface area contributed by atoms with E-state index in [1.807, 2.05) is 0 Å². The van der Waals surface area contributed by atoms with Gasteiger partial charge in [-0.15, -0.1) is 0 Å². The maximum atomic E-state index is 13.0. The summed E-state index contributed by atoms with van der Waals surface area (Å²) in [6, 6.07) is 5.82. The number of hydrogen-bond acceptors (Lipinski definition) is 5. The van der Waals surface area contributed by atoms with Crippen molar-refractivity contribution < 1.29 is 19.5 Å². The van der Waals surface area contributed by atoms with Gasteiger partial charge in [0, 0.05) is 12.6 Å². The molecule has 1 aromatic carbocycles. The number of hydrogen-bond donors (Lipinski definition) is 3. The molecule has 0 fully saturated rings. The Hall–Kier alpha value is -1.93. The molecule has 1 heterocycles. The molecule has 2 rings (SSSR count). The lowest BCUT2D eigenvalue weighted by Crippen LogP contribution is -2.37. The lowest BCUT2D eigenvalue weighted by Gasteiger charge is -2.22. The highest BCUT2D eigenvalue weighted by Crippen LogP contribution is 2.16. The van der Waals surface area contributed by atoms with Crippen molar-refractivity contribution >= 4 is 27.5 Å². The Morgan fingerprint density at radius 3 is 2.95 bits per heavy atom. The fourth-order valence-corrected chi connectivity index (χ4v) is 1.98. The predicted molar refractivity (Wildman–Crippen MR) is 72.7 cm³/mol. The second kappa shape index (κ2) is 6.02. The van der Waals surface area contributed by atoms with E-state index in [2.05, 4.69) is 26.2 Å². The zero-order valence-electron chi connectivity index (χ0n) is 10.1. The Balaban J connectivity index is 2.01. The second-order valence-electron chi connectivity index (χ2n) is 3.98. The smallest absolute Gasteiger partial charge is 0.270 e. The number of nitrogens with zero attached hydrogens (tertiary/aromatic N) is 2. The molecule has 0 saturated heterocycles. The third-order valence-corrected chi connectivity index (χ3v) is 3.12. The van der Waals surface area contributed by atoms with Gasteiger partial charge in [-0.05, 0) is 33.6 Å². The molecule has 3 N–H and O–H groups in total. The van der Waals surface area contributed by atoms with Gasteiger partial charge in [0.1, 0.15) is 11.5 Å². The number of amides is 1. The van der Waals surface area contributed by atoms with Gasteiger partial charge < -0.3 is 10.4 Å². The Morgan fingerprint density at radius 1 is 1.55 bits per heavy atom. The summed E-state index contributed by atoms with van der Waals surface area (Å²) >= 11 is 2.97. The highest BCUT2D eigenvalue weighted by molar-refractivity contribution is 9.09. The first-order valence-electron chi connectivity index (χ1n) is 5.60. The molecular weight excluding hydrogens is 333 g/mol. The van der Waals surface area contributed by atoms with Gasteiger partial charge >= 0.3 is 0 Å². The van der Waals surface area contributed by atoms with Gasteiger partial charge in [-0.25, -0.2) is 9.38 Å². The number of carbonyl (C=O) groups excluding carboxylic acids is 1. The third-order valence-electron chi connectivity index (χ3n) is 2.52. The predicted octanol–water partition coefficient (Wildman–Crippen LogP) is 1.67. The Bertz CT molecular complexity index is 591. The monoisotopic (exact) mass is 343 g/mol. The summed E-state index contributed by atoms with van der Waals surface area (Å²) in [6.45, 7) is 0.125. The number of aliphatic hydroxyl groups is 1. The minimum Gasteiger partial charge on any atom is -0.493 e. The summed E-state index contributed by atoms with van der Waals surface area (Å²) < 4.78 is 13.0. The van der Waals surface area contributed by atoms with E-state index in [-0.39, 0.29) is 18.1 Å². The number of alkyl halides is 1. The van der Waals surface area contributed by atoms with E-state index in [0.717, 1.165) is 6.08 Å². The maximum absolute atomic E-state index is 13.0. The van der Waals surface area contributed by atoms with Crippen molar-refractivity contribution in [2.45, 2.75) is 11.6 Å². The fraction of sp³-hybridized carbons (Fsp3) is 0.167. The van der Waals surface area contributed by atoms with E-state index in [1.54, 1.807) is 12.1 Å². The molecule has 1 atom stereocenters. The van der Waals surface area contributed by atoms with Crippen molar-refractivity contribution in [2.24, 2.45) is 4.99 Å². The van der Waals surface area contributed by atoms with Crippen LogP contribution in [0, 0.1) is 5.82 Å². The third kappa shape index (κ3) is 3.34. The van der Waals surface area contributed by atoms with Crippen LogP contribution in [0.3, 0.4) is 0 Å². The summed E-state index contributed by atoms with van der Waals surface area (Å²) in [4.78, 5) is 15.7. The average molecular weight is 344 g/mol. The topological polar surface area (TPSA) is 85.2 Å². The Labute approximate surface area is 122 Å². The first kappa shape index (κ1) is 14.5. The van der Waals surface area contributed by atoms with E-state index < -0.39 is 16.9 Å². The minimum atomic E-state index is -0.942. The number of halogens is 2. The van der Waals surface area contributed by atoms with Crippen LogP contribution < -0.4 is 5.32 Å². The molecule has 1 aromatic rings. The molecule has 0 bridgehead atoms. The Kier molecular flexibility index (Phi) is 4.35. The van der Waals surface area contributed by atoms with Crippen LogP contribution in [0.4, 0.5) is 4.39 Å². The molecule has 6 nitrogen and oxygen atoms in total. The van der Waals surface area contributed by atoms with Gasteiger partial charge in [-0.3, -0.25) is 10.0 Å². The number of rotatable bonds is 3. The molecule has 1 aliphatic heterocycles. The van der Waals surface area contributed by atoms with Crippen LogP contribution >= 0.6 is 15.9 Å². The lowest BCUT2D eigenvalue weighted by molar-refractivity contribution is -0.115. The molecule has 0 aliphatic carbocycles. The summed E-state index contributed by atoms with van der Waals surface area (Å²) in [5.74, 6) is -1.43. The largest absolute Gasteiger partial charge is 0.493 e. The zero-order chi connectivity index (χ0) is 14.7. The van der Waals surface area contributed by atoms with E-state index in [1.165, 1.54) is 12.1 Å². The normalized spacial score (nSPS) is 18.4. The molecule has 0 radical (unpaired) electrons. The number of hydroxylamine groups is 2. The van der Waals surface area contributed by atoms with Crippen LogP contribution in [0.15, 0.2) is 41.2 Å². The number of aliphatic hydroxyl groups excluding tert-OH is 1. The Morgan fingerprint density at radius 2 is 2.30 bits per heavy atom. The van der Waals surface area contributed by atoms with E-state index in [9.17, 15) is 19.5 Å². The van der Waals surface area contributed by atoms with Crippen molar-refractivity contribution in [2.75, 3.05) is 0 Å². The molecule has 1 amide bonds. The molecule has 0 saturated carbocycles. The zero-order valence-corrected chi connectivity index (χ0v) is 11.7. The first-order chi connectivity index (χ1) is 9.47. The van der Waals surface area contributed by atoms with Gasteiger partial charge in [0.25, 0.3) is 5.91 Å². The molecule has 8 heteroatoms. The lowest BCUT2D eigenvalue weighted by atomic mass is 10.2. The molecule has 1 unspecified atom stereocenters. The van der Waals surface area contributed by atoms with Crippen molar-refractivity contribution in [1.82, 2.24) is 10.4 Å². The standard InChI is InChI=1S/C12H11BrFN3O3/c13-12-16-9(5-10(18)17(12)20)11(19)15-6-7-2-1-3-8(14)4-7/h1-5,12,18,20H,6H2,(H,15,19). The molecular formula is C12H11BrFN3O3. The van der Waals surface area contributed by atoms with Crippen molar-refractivity contribution in [1.29, 1.82) is 0 Å². The maximum Gasteiger partial charge on any atom is 0.270 e. The SMILES string of the molecule is O=C(NCc1cccc(F)c1)C1=NC(Br)N(O)C(O)=C1. The van der Waals surface area contributed by atoms with Crippen LogP contribution in [0.25, 0.3) is 0 Å². The van der Waals surface area contributed by atoms with Crippen LogP contribution in [-0.2, 0) is 11.3 Å². The molecule has 0 spiro atoms. The number of carbonyl (C=O) groups is 1. The molecule has 20 heavy (non-hydrogen) atoms. The highest BCUT2D eigenvalue weighted by Gasteiger charge is 2.24. The van der Waals surface area contributed by atoms with Crippen LogP contribution in [-0.4, -0.2) is 32.1 Å². The van der Waals surface area contributed by atoms with Gasteiger partial charge in [0.05, 0.1) is 0 Å². The van der Waals surface area contributed by atoms with E-state index in [0.29, 0.717) is 10.6 Å². The summed E-state index contributed by atoms with van der Waals surface area (Å²) in [5, 5.41) is 20.7. The number of benzene rings is 1. The van der Waals surface area contributed by atoms with E-state index in [4.69, 9.17) is 0 Å². The summed E-state index contributed by atoms with van der Waals surface area (Å²) in [7, 11) is 0. The van der Waals surface area contributed by atoms with Crippen molar-refractivity contribution in [3.05, 3.63) is 47.6 Å². The fourth-order valence-electron chi connectivity index (χ4n) is 1.55. The van der Waals surface area contributed by atoms with Gasteiger partial charge in [-0.1, -0.05) is 12.1 Å². The van der Waals surface area contributed by atoms with Crippen LogP contribution in [0.1, 0.15) is 5.56 Å². The molecule has 106 valence electrons. The van der Waals surface area contributed by atoms with Crippen molar-refractivity contribution in [3.63, 3.8) is 0 Å². The average Bonchev–Trinajstić information content (AvgIpc) is 2.41.